The Kier molecular flexibility index (Phi) is 8.36. The van der Waals surface area contributed by atoms with Crippen molar-refractivity contribution < 1.29 is 4.74 Å². The minimum Gasteiger partial charge on any atom is -0.372 e. The van der Waals surface area contributed by atoms with Gasteiger partial charge >= 0.3 is 0 Å². The number of halogens is 1. The maximum atomic E-state index is 9.03. The highest BCUT2D eigenvalue weighted by molar-refractivity contribution is 5.85. The first-order valence-electron chi connectivity index (χ1n) is 12.2. The van der Waals surface area contributed by atoms with Gasteiger partial charge in [0.25, 0.3) is 0 Å². The molecule has 0 aromatic heterocycles. The highest BCUT2D eigenvalue weighted by Gasteiger charge is 2.31. The van der Waals surface area contributed by atoms with Gasteiger partial charge in [0, 0.05) is 50.6 Å². The summed E-state index contributed by atoms with van der Waals surface area (Å²) in [7, 11) is 0. The molecular weight excluding hydrogens is 420 g/mol. The van der Waals surface area contributed by atoms with Gasteiger partial charge in [0.05, 0.1) is 24.8 Å². The largest absolute Gasteiger partial charge is 0.372 e. The third-order valence-electron chi connectivity index (χ3n) is 7.58. The number of benzene rings is 1. The molecule has 2 heterocycles. The Morgan fingerprint density at radius 2 is 1.62 bits per heavy atom. The maximum absolute atomic E-state index is 9.03. The van der Waals surface area contributed by atoms with Crippen LogP contribution in [-0.2, 0) is 4.74 Å². The molecule has 0 amide bonds. The summed E-state index contributed by atoms with van der Waals surface area (Å²) < 4.78 is 5.98. The number of nitrogens with zero attached hydrogens (tertiary/aromatic N) is 4. The predicted molar refractivity (Wildman–Crippen MR) is 135 cm³/mol. The van der Waals surface area contributed by atoms with E-state index < -0.39 is 0 Å². The van der Waals surface area contributed by atoms with Gasteiger partial charge in [-0.2, -0.15) is 5.26 Å². The van der Waals surface area contributed by atoms with Crippen molar-refractivity contribution >= 4 is 23.8 Å². The van der Waals surface area contributed by atoms with E-state index in [0.29, 0.717) is 17.9 Å². The molecule has 1 saturated carbocycles. The molecule has 4 rings (SSSR count). The van der Waals surface area contributed by atoms with E-state index in [1.807, 2.05) is 0 Å². The molecule has 2 atom stereocenters. The molecule has 1 aromatic rings. The van der Waals surface area contributed by atoms with Gasteiger partial charge in [-0.3, -0.25) is 4.90 Å². The molecule has 1 aliphatic carbocycles. The summed E-state index contributed by atoms with van der Waals surface area (Å²) in [4.78, 5) is 7.35. The van der Waals surface area contributed by atoms with Gasteiger partial charge in [0.2, 0.25) is 0 Å². The fraction of sp³-hybridized carbons (Fsp3) is 0.731. The van der Waals surface area contributed by atoms with Crippen LogP contribution in [0.5, 0.6) is 0 Å². The van der Waals surface area contributed by atoms with Crippen LogP contribution < -0.4 is 9.80 Å². The molecule has 1 aromatic carbocycles. The first-order chi connectivity index (χ1) is 14.8. The van der Waals surface area contributed by atoms with E-state index in [1.165, 1.54) is 37.1 Å². The van der Waals surface area contributed by atoms with Crippen molar-refractivity contribution in [1.29, 1.82) is 5.26 Å². The summed E-state index contributed by atoms with van der Waals surface area (Å²) in [6.45, 7) is 15.7. The second-order valence-electron chi connectivity index (χ2n) is 10.8. The van der Waals surface area contributed by atoms with Gasteiger partial charge in [0.15, 0.2) is 0 Å². The third-order valence-corrected chi connectivity index (χ3v) is 7.58. The number of anilines is 2. The van der Waals surface area contributed by atoms with Crippen LogP contribution in [0.25, 0.3) is 0 Å². The highest BCUT2D eigenvalue weighted by atomic mass is 35.5. The Hall–Kier alpha value is -1.48. The first-order valence-corrected chi connectivity index (χ1v) is 12.2. The minimum absolute atomic E-state index is 0. The van der Waals surface area contributed by atoms with Gasteiger partial charge in [-0.15, -0.1) is 12.4 Å². The second-order valence-corrected chi connectivity index (χ2v) is 10.8. The Morgan fingerprint density at radius 1 is 1.00 bits per heavy atom. The topological polar surface area (TPSA) is 42.7 Å². The molecule has 0 N–H and O–H groups in total. The monoisotopic (exact) mass is 460 g/mol. The minimum atomic E-state index is 0. The van der Waals surface area contributed by atoms with Crippen molar-refractivity contribution in [1.82, 2.24) is 4.90 Å². The van der Waals surface area contributed by atoms with Gasteiger partial charge in [-0.25, -0.2) is 0 Å². The third kappa shape index (κ3) is 5.90. The molecule has 5 nitrogen and oxygen atoms in total. The lowest BCUT2D eigenvalue weighted by Gasteiger charge is -2.41. The molecule has 0 spiro atoms. The molecule has 0 radical (unpaired) electrons. The summed E-state index contributed by atoms with van der Waals surface area (Å²) in [6, 6.07) is 9.53. The van der Waals surface area contributed by atoms with Crippen LogP contribution in [-0.4, -0.2) is 62.9 Å². The average molecular weight is 461 g/mol. The van der Waals surface area contributed by atoms with Gasteiger partial charge in [-0.1, -0.05) is 13.8 Å². The quantitative estimate of drug-likeness (QED) is 0.588. The number of morpholine rings is 1. The lowest BCUT2D eigenvalue weighted by molar-refractivity contribution is -0.00522. The van der Waals surface area contributed by atoms with Crippen molar-refractivity contribution in [2.24, 2.45) is 5.41 Å². The molecule has 3 aliphatic rings. The second kappa shape index (κ2) is 10.6. The maximum Gasteiger partial charge on any atom is 0.0867 e. The molecular formula is C26H41ClN4O. The van der Waals surface area contributed by atoms with Crippen molar-refractivity contribution in [2.75, 3.05) is 55.6 Å². The fourth-order valence-electron chi connectivity index (χ4n) is 5.70. The molecule has 6 heteroatoms. The van der Waals surface area contributed by atoms with Gasteiger partial charge < -0.3 is 14.5 Å². The number of hydrogen-bond donors (Lipinski definition) is 0. The van der Waals surface area contributed by atoms with Gasteiger partial charge in [-0.05, 0) is 74.6 Å². The van der Waals surface area contributed by atoms with Crippen LogP contribution in [0.1, 0.15) is 64.9 Å². The van der Waals surface area contributed by atoms with E-state index in [9.17, 15) is 0 Å². The van der Waals surface area contributed by atoms with Crippen LogP contribution in [0.4, 0.5) is 11.4 Å². The van der Waals surface area contributed by atoms with Crippen molar-refractivity contribution in [3.8, 4) is 6.07 Å². The number of ether oxygens (including phenoxy) is 1. The van der Waals surface area contributed by atoms with Crippen LogP contribution in [0, 0.1) is 16.7 Å². The predicted octanol–water partition coefficient (Wildman–Crippen LogP) is 5.05. The molecule has 2 aliphatic heterocycles. The Labute approximate surface area is 201 Å². The lowest BCUT2D eigenvalue weighted by Crippen LogP contribution is -2.47. The van der Waals surface area contributed by atoms with E-state index in [-0.39, 0.29) is 24.6 Å². The van der Waals surface area contributed by atoms with Crippen molar-refractivity contribution in [3.63, 3.8) is 0 Å². The molecule has 3 fully saturated rings. The summed E-state index contributed by atoms with van der Waals surface area (Å²) in [6.07, 6.45) is 5.74. The fourth-order valence-corrected chi connectivity index (χ4v) is 5.70. The smallest absolute Gasteiger partial charge is 0.0867 e. The SMILES string of the molecule is C[C@@H]1CN(c2ccc(N3CCN(CC#N)CC3)c(C3CCC(C)(C)CC3)c2)C[C@H](C)O1.Cl. The zero-order chi connectivity index (χ0) is 22.0. The van der Waals surface area contributed by atoms with E-state index in [1.54, 1.807) is 5.56 Å². The molecule has 0 bridgehead atoms. The van der Waals surface area contributed by atoms with E-state index in [2.05, 4.69) is 66.7 Å². The summed E-state index contributed by atoms with van der Waals surface area (Å²) in [5, 5.41) is 9.03. The highest BCUT2D eigenvalue weighted by Crippen LogP contribution is 2.45. The average Bonchev–Trinajstić information content (AvgIpc) is 2.74. The summed E-state index contributed by atoms with van der Waals surface area (Å²) in [5.41, 5.74) is 4.81. The zero-order valence-corrected chi connectivity index (χ0v) is 21.2. The number of hydrogen-bond acceptors (Lipinski definition) is 5. The van der Waals surface area contributed by atoms with Crippen LogP contribution in [0.15, 0.2) is 18.2 Å². The van der Waals surface area contributed by atoms with Crippen LogP contribution in [0.2, 0.25) is 0 Å². The Morgan fingerprint density at radius 3 is 2.22 bits per heavy atom. The normalized spacial score (nSPS) is 27.0. The van der Waals surface area contributed by atoms with Crippen molar-refractivity contribution in [2.45, 2.75) is 71.5 Å². The summed E-state index contributed by atoms with van der Waals surface area (Å²) in [5.74, 6) is 0.649. The standard InChI is InChI=1S/C26H40N4O.ClH/c1-20-18-30(19-21(2)31-20)23-5-6-25(29-15-13-28(12-11-27)14-16-29)24(17-23)22-7-9-26(3,4)10-8-22;/h5-6,17,20-22H,7-10,12-16,18-19H2,1-4H3;1H/t20-,21+;. The lowest BCUT2D eigenvalue weighted by atomic mass is 9.71. The Bertz CT molecular complexity index is 780. The Balaban J connectivity index is 0.00000289. The van der Waals surface area contributed by atoms with Crippen LogP contribution in [0.3, 0.4) is 0 Å². The number of rotatable bonds is 4. The first kappa shape index (κ1) is 25.1. The van der Waals surface area contributed by atoms with Crippen LogP contribution >= 0.6 is 12.4 Å². The van der Waals surface area contributed by atoms with Crippen molar-refractivity contribution in [3.05, 3.63) is 23.8 Å². The molecule has 2 saturated heterocycles. The van der Waals surface area contributed by atoms with E-state index in [0.717, 1.165) is 39.3 Å². The number of nitriles is 1. The summed E-state index contributed by atoms with van der Waals surface area (Å²) >= 11 is 0. The van der Waals surface area contributed by atoms with Gasteiger partial charge in [0.1, 0.15) is 0 Å². The number of piperazine rings is 1. The van der Waals surface area contributed by atoms with E-state index in [4.69, 9.17) is 10.00 Å². The molecule has 32 heavy (non-hydrogen) atoms. The molecule has 0 unspecified atom stereocenters. The van der Waals surface area contributed by atoms with E-state index >= 15 is 0 Å². The zero-order valence-electron chi connectivity index (χ0n) is 20.3. The molecule has 178 valence electrons.